The van der Waals surface area contributed by atoms with E-state index in [4.69, 9.17) is 9.47 Å². The SMILES string of the molecule is CCOC(=O)c1sc(=NC(=O)c2ccc(S(=O)(=O)N3CCOCC3)cc2)n(C)c1C. The van der Waals surface area contributed by atoms with Crippen LogP contribution in [0.15, 0.2) is 34.2 Å². The van der Waals surface area contributed by atoms with Gasteiger partial charge in [-0.15, -0.1) is 0 Å². The molecule has 11 heteroatoms. The molecule has 3 rings (SSSR count). The minimum atomic E-state index is -3.63. The van der Waals surface area contributed by atoms with Crippen LogP contribution < -0.4 is 4.80 Å². The molecule has 0 saturated carbocycles. The molecule has 0 spiro atoms. The number of carbonyl (C=O) groups excluding carboxylic acids is 2. The summed E-state index contributed by atoms with van der Waals surface area (Å²) in [6, 6.07) is 5.67. The molecule has 2 heterocycles. The number of nitrogens with zero attached hydrogens (tertiary/aromatic N) is 3. The van der Waals surface area contributed by atoms with Crippen LogP contribution in [0.1, 0.15) is 32.6 Å². The third-order valence-corrected chi connectivity index (χ3v) is 7.81. The Bertz CT molecular complexity index is 1110. The van der Waals surface area contributed by atoms with Gasteiger partial charge in [-0.2, -0.15) is 9.30 Å². The van der Waals surface area contributed by atoms with Crippen LogP contribution in [0.25, 0.3) is 0 Å². The van der Waals surface area contributed by atoms with Gasteiger partial charge in [-0.25, -0.2) is 13.2 Å². The molecule has 1 amide bonds. The fourth-order valence-corrected chi connectivity index (χ4v) is 5.29. The van der Waals surface area contributed by atoms with Crippen molar-refractivity contribution in [2.75, 3.05) is 32.9 Å². The van der Waals surface area contributed by atoms with E-state index in [1.807, 2.05) is 0 Å². The van der Waals surface area contributed by atoms with Crippen molar-refractivity contribution in [3.63, 3.8) is 0 Å². The number of aromatic nitrogens is 1. The maximum Gasteiger partial charge on any atom is 0.350 e. The van der Waals surface area contributed by atoms with Gasteiger partial charge in [0.1, 0.15) is 4.88 Å². The number of amides is 1. The van der Waals surface area contributed by atoms with E-state index in [-0.39, 0.29) is 17.1 Å². The van der Waals surface area contributed by atoms with Crippen LogP contribution in [0.4, 0.5) is 0 Å². The Morgan fingerprint density at radius 2 is 1.83 bits per heavy atom. The number of ether oxygens (including phenoxy) is 2. The summed E-state index contributed by atoms with van der Waals surface area (Å²) in [7, 11) is -1.92. The molecule has 1 aromatic carbocycles. The minimum Gasteiger partial charge on any atom is -0.462 e. The molecule has 0 aliphatic carbocycles. The van der Waals surface area contributed by atoms with Crippen LogP contribution in [0, 0.1) is 6.92 Å². The third-order valence-electron chi connectivity index (χ3n) is 4.68. The van der Waals surface area contributed by atoms with Crippen molar-refractivity contribution in [2.45, 2.75) is 18.7 Å². The first-order valence-corrected chi connectivity index (χ1v) is 11.6. The predicted octanol–water partition coefficient (Wildman–Crippen LogP) is 1.33. The Morgan fingerprint density at radius 3 is 2.43 bits per heavy atom. The molecule has 0 radical (unpaired) electrons. The summed E-state index contributed by atoms with van der Waals surface area (Å²) >= 11 is 1.07. The molecular weight excluding hydrogens is 430 g/mol. The van der Waals surface area contributed by atoms with Gasteiger partial charge in [-0.1, -0.05) is 11.3 Å². The highest BCUT2D eigenvalue weighted by atomic mass is 32.2. The van der Waals surface area contributed by atoms with E-state index in [2.05, 4.69) is 4.99 Å². The zero-order valence-corrected chi connectivity index (χ0v) is 18.6. The maximum absolute atomic E-state index is 12.7. The van der Waals surface area contributed by atoms with E-state index in [9.17, 15) is 18.0 Å². The lowest BCUT2D eigenvalue weighted by Gasteiger charge is -2.26. The topological polar surface area (TPSA) is 107 Å². The van der Waals surface area contributed by atoms with Crippen LogP contribution in [-0.4, -0.2) is 62.1 Å². The van der Waals surface area contributed by atoms with E-state index >= 15 is 0 Å². The van der Waals surface area contributed by atoms with Gasteiger partial charge < -0.3 is 14.0 Å². The number of sulfonamides is 1. The molecule has 30 heavy (non-hydrogen) atoms. The highest BCUT2D eigenvalue weighted by molar-refractivity contribution is 7.89. The van der Waals surface area contributed by atoms with Crippen molar-refractivity contribution in [3.8, 4) is 0 Å². The van der Waals surface area contributed by atoms with Gasteiger partial charge in [0.2, 0.25) is 10.0 Å². The van der Waals surface area contributed by atoms with Crippen LogP contribution >= 0.6 is 11.3 Å². The molecule has 162 valence electrons. The molecule has 1 aliphatic heterocycles. The Labute approximate surface area is 178 Å². The van der Waals surface area contributed by atoms with Crippen molar-refractivity contribution in [3.05, 3.63) is 45.2 Å². The summed E-state index contributed by atoms with van der Waals surface area (Å²) in [6.45, 7) is 5.05. The van der Waals surface area contributed by atoms with E-state index < -0.39 is 21.9 Å². The van der Waals surface area contributed by atoms with Crippen LogP contribution in [-0.2, 0) is 26.5 Å². The lowest BCUT2D eigenvalue weighted by Crippen LogP contribution is -2.40. The Kier molecular flexibility index (Phi) is 6.86. The van der Waals surface area contributed by atoms with Gasteiger partial charge in [0.25, 0.3) is 5.91 Å². The van der Waals surface area contributed by atoms with Gasteiger partial charge in [0.15, 0.2) is 4.80 Å². The molecule has 1 fully saturated rings. The van der Waals surface area contributed by atoms with Gasteiger partial charge in [0, 0.05) is 31.4 Å². The second-order valence-electron chi connectivity index (χ2n) is 6.54. The summed E-state index contributed by atoms with van der Waals surface area (Å²) < 4.78 is 38.6. The highest BCUT2D eigenvalue weighted by Crippen LogP contribution is 2.18. The number of benzene rings is 1. The zero-order chi connectivity index (χ0) is 21.9. The maximum atomic E-state index is 12.7. The van der Waals surface area contributed by atoms with Crippen molar-refractivity contribution in [1.29, 1.82) is 0 Å². The molecular formula is C19H23N3O6S2. The molecule has 1 saturated heterocycles. The van der Waals surface area contributed by atoms with Crippen molar-refractivity contribution in [2.24, 2.45) is 12.0 Å². The fourth-order valence-electron chi connectivity index (χ4n) is 2.87. The summed E-state index contributed by atoms with van der Waals surface area (Å²) in [5.41, 5.74) is 0.900. The van der Waals surface area contributed by atoms with E-state index in [0.717, 1.165) is 11.3 Å². The van der Waals surface area contributed by atoms with E-state index in [1.54, 1.807) is 25.5 Å². The Morgan fingerprint density at radius 1 is 1.20 bits per heavy atom. The molecule has 2 aromatic rings. The Balaban J connectivity index is 1.85. The standard InChI is InChI=1S/C19H23N3O6S2/c1-4-28-18(24)16-13(2)21(3)19(29-16)20-17(23)14-5-7-15(8-6-14)30(25,26)22-9-11-27-12-10-22/h5-8H,4,9-12H2,1-3H3. The predicted molar refractivity (Wildman–Crippen MR) is 110 cm³/mol. The lowest BCUT2D eigenvalue weighted by atomic mass is 10.2. The smallest absolute Gasteiger partial charge is 0.350 e. The van der Waals surface area contributed by atoms with E-state index in [0.29, 0.717) is 41.7 Å². The van der Waals surface area contributed by atoms with Crippen LogP contribution in [0.3, 0.4) is 0 Å². The average Bonchev–Trinajstić information content (AvgIpc) is 3.03. The first-order valence-electron chi connectivity index (χ1n) is 9.36. The van der Waals surface area contributed by atoms with Gasteiger partial charge in [0.05, 0.1) is 24.7 Å². The van der Waals surface area contributed by atoms with Crippen LogP contribution in [0.5, 0.6) is 0 Å². The highest BCUT2D eigenvalue weighted by Gasteiger charge is 2.26. The molecule has 0 atom stereocenters. The fraction of sp³-hybridized carbons (Fsp3) is 0.421. The number of hydrogen-bond donors (Lipinski definition) is 0. The number of morpholine rings is 1. The Hall–Kier alpha value is -2.34. The summed E-state index contributed by atoms with van der Waals surface area (Å²) in [5.74, 6) is -0.986. The second-order valence-corrected chi connectivity index (χ2v) is 9.45. The van der Waals surface area contributed by atoms with Crippen molar-refractivity contribution < 1.29 is 27.5 Å². The monoisotopic (exact) mass is 453 g/mol. The normalized spacial score (nSPS) is 15.9. The van der Waals surface area contributed by atoms with Crippen LogP contribution in [0.2, 0.25) is 0 Å². The number of rotatable bonds is 5. The molecule has 0 unspecified atom stereocenters. The average molecular weight is 454 g/mol. The van der Waals surface area contributed by atoms with Gasteiger partial charge in [-0.05, 0) is 38.1 Å². The molecule has 0 N–H and O–H groups in total. The largest absolute Gasteiger partial charge is 0.462 e. The number of thiazole rings is 1. The summed E-state index contributed by atoms with van der Waals surface area (Å²) in [4.78, 5) is 29.6. The first-order chi connectivity index (χ1) is 14.3. The zero-order valence-electron chi connectivity index (χ0n) is 17.0. The minimum absolute atomic E-state index is 0.114. The van der Waals surface area contributed by atoms with Gasteiger partial charge >= 0.3 is 5.97 Å². The van der Waals surface area contributed by atoms with Crippen molar-refractivity contribution >= 4 is 33.2 Å². The number of esters is 1. The quantitative estimate of drug-likeness (QED) is 0.632. The number of carbonyl (C=O) groups is 2. The molecule has 1 aliphatic rings. The number of hydrogen-bond acceptors (Lipinski definition) is 7. The summed E-state index contributed by atoms with van der Waals surface area (Å²) in [5, 5.41) is 0. The molecule has 0 bridgehead atoms. The lowest BCUT2D eigenvalue weighted by molar-refractivity contribution is 0.0530. The second kappa shape index (κ2) is 9.21. The first kappa shape index (κ1) is 22.3. The van der Waals surface area contributed by atoms with Gasteiger partial charge in [-0.3, -0.25) is 4.79 Å². The summed E-state index contributed by atoms with van der Waals surface area (Å²) in [6.07, 6.45) is 0. The molecule has 1 aromatic heterocycles. The molecule has 9 nitrogen and oxygen atoms in total. The van der Waals surface area contributed by atoms with Crippen molar-refractivity contribution in [1.82, 2.24) is 8.87 Å². The van der Waals surface area contributed by atoms with E-state index in [1.165, 1.54) is 28.6 Å². The third kappa shape index (κ3) is 4.53.